The van der Waals surface area contributed by atoms with Gasteiger partial charge in [-0.25, -0.2) is 13.1 Å². The molecule has 1 amide bonds. The lowest BCUT2D eigenvalue weighted by Gasteiger charge is -2.31. The second kappa shape index (κ2) is 9.34. The van der Waals surface area contributed by atoms with E-state index >= 15 is 0 Å². The molecule has 1 aliphatic heterocycles. The van der Waals surface area contributed by atoms with Gasteiger partial charge in [-0.2, -0.15) is 0 Å². The van der Waals surface area contributed by atoms with Crippen molar-refractivity contribution in [1.82, 2.24) is 4.72 Å². The van der Waals surface area contributed by atoms with Gasteiger partial charge in [0.25, 0.3) is 5.91 Å². The fourth-order valence-corrected chi connectivity index (χ4v) is 5.47. The maximum atomic E-state index is 13.0. The molecule has 0 spiro atoms. The summed E-state index contributed by atoms with van der Waals surface area (Å²) < 4.78 is 33.4. The highest BCUT2D eigenvalue weighted by Crippen LogP contribution is 2.35. The first-order valence-electron chi connectivity index (χ1n) is 9.74. The molecule has 168 valence electrons. The van der Waals surface area contributed by atoms with E-state index in [2.05, 4.69) is 10.0 Å². The van der Waals surface area contributed by atoms with E-state index in [1.807, 2.05) is 4.90 Å². The van der Waals surface area contributed by atoms with E-state index in [-0.39, 0.29) is 15.5 Å². The molecule has 0 bridgehead atoms. The van der Waals surface area contributed by atoms with Crippen LogP contribution in [0.2, 0.25) is 10.0 Å². The average Bonchev–Trinajstić information content (AvgIpc) is 2.67. The molecule has 1 heterocycles. The van der Waals surface area contributed by atoms with Gasteiger partial charge in [0.2, 0.25) is 10.0 Å². The van der Waals surface area contributed by atoms with Crippen LogP contribution in [-0.2, 0) is 14.8 Å². The van der Waals surface area contributed by atoms with Crippen molar-refractivity contribution in [3.05, 3.63) is 52.0 Å². The predicted octanol–water partition coefficient (Wildman–Crippen LogP) is 4.16. The fourth-order valence-electron chi connectivity index (χ4n) is 3.23. The summed E-state index contributed by atoms with van der Waals surface area (Å²) in [5.74, 6) is -0.472. The number of benzene rings is 2. The van der Waals surface area contributed by atoms with Gasteiger partial charge in [-0.05, 0) is 51.1 Å². The van der Waals surface area contributed by atoms with Crippen LogP contribution in [-0.4, -0.2) is 46.2 Å². The summed E-state index contributed by atoms with van der Waals surface area (Å²) in [6, 6.07) is 9.40. The van der Waals surface area contributed by atoms with E-state index in [0.29, 0.717) is 42.7 Å². The molecule has 10 heteroatoms. The molecule has 1 saturated heterocycles. The van der Waals surface area contributed by atoms with Gasteiger partial charge in [0.15, 0.2) is 0 Å². The summed E-state index contributed by atoms with van der Waals surface area (Å²) in [5, 5.41) is 3.39. The van der Waals surface area contributed by atoms with Crippen molar-refractivity contribution in [3.8, 4) is 0 Å². The van der Waals surface area contributed by atoms with Crippen LogP contribution in [0.1, 0.15) is 31.1 Å². The number of rotatable bonds is 5. The van der Waals surface area contributed by atoms with E-state index in [1.54, 1.807) is 39.0 Å². The van der Waals surface area contributed by atoms with Crippen molar-refractivity contribution in [2.45, 2.75) is 31.2 Å². The molecule has 0 aliphatic carbocycles. The van der Waals surface area contributed by atoms with Crippen molar-refractivity contribution >= 4 is 50.5 Å². The summed E-state index contributed by atoms with van der Waals surface area (Å²) in [5.41, 5.74) is 0.698. The molecule has 7 nitrogen and oxygen atoms in total. The largest absolute Gasteiger partial charge is 0.378 e. The Kier molecular flexibility index (Phi) is 7.18. The van der Waals surface area contributed by atoms with Crippen LogP contribution in [0.4, 0.5) is 11.4 Å². The number of hydrogen-bond donors (Lipinski definition) is 2. The van der Waals surface area contributed by atoms with Crippen LogP contribution in [0, 0.1) is 0 Å². The zero-order valence-corrected chi connectivity index (χ0v) is 19.9. The highest BCUT2D eigenvalue weighted by Gasteiger charge is 2.26. The number of nitrogens with one attached hydrogen (secondary N) is 2. The topological polar surface area (TPSA) is 87.7 Å². The van der Waals surface area contributed by atoms with Crippen molar-refractivity contribution in [1.29, 1.82) is 0 Å². The number of sulfonamides is 1. The number of nitrogens with zero attached hydrogens (tertiary/aromatic N) is 1. The second-order valence-electron chi connectivity index (χ2n) is 8.19. The maximum absolute atomic E-state index is 13.0. The first kappa shape index (κ1) is 23.8. The van der Waals surface area contributed by atoms with E-state index in [1.165, 1.54) is 18.2 Å². The Morgan fingerprint density at radius 1 is 1.06 bits per heavy atom. The minimum absolute atomic E-state index is 0.0325. The highest BCUT2D eigenvalue weighted by atomic mass is 35.5. The Labute approximate surface area is 192 Å². The Morgan fingerprint density at radius 2 is 1.74 bits per heavy atom. The standard InChI is InChI=1S/C21H25Cl2N3O4S/c1-21(2,3)25-31(28,29)18-13-14(7-8-15(18)22)20(27)24-17-6-4-5-16(23)19(17)26-9-11-30-12-10-26/h4-8,13,25H,9-12H2,1-3H3,(H,24,27). The number of carbonyl (C=O) groups excluding carboxylic acids is 1. The SMILES string of the molecule is CC(C)(C)NS(=O)(=O)c1cc(C(=O)Nc2cccc(Cl)c2N2CCOCC2)ccc1Cl. The molecule has 0 unspecified atom stereocenters. The lowest BCUT2D eigenvalue weighted by molar-refractivity contribution is 0.102. The number of hydrogen-bond acceptors (Lipinski definition) is 5. The predicted molar refractivity (Wildman–Crippen MR) is 124 cm³/mol. The molecule has 0 radical (unpaired) electrons. The molecule has 2 aromatic rings. The van der Waals surface area contributed by atoms with Gasteiger partial charge in [-0.1, -0.05) is 29.3 Å². The monoisotopic (exact) mass is 485 g/mol. The molecule has 2 N–H and O–H groups in total. The quantitative estimate of drug-likeness (QED) is 0.663. The van der Waals surface area contributed by atoms with Gasteiger partial charge < -0.3 is 15.0 Å². The smallest absolute Gasteiger partial charge is 0.255 e. The van der Waals surface area contributed by atoms with Gasteiger partial charge in [-0.15, -0.1) is 0 Å². The summed E-state index contributed by atoms with van der Waals surface area (Å²) in [6.45, 7) is 7.60. The molecule has 1 aliphatic rings. The van der Waals surface area contributed by atoms with Gasteiger partial charge in [-0.3, -0.25) is 4.79 Å². The summed E-state index contributed by atoms with van der Waals surface area (Å²) in [6.07, 6.45) is 0. The highest BCUT2D eigenvalue weighted by molar-refractivity contribution is 7.89. The number of anilines is 2. The van der Waals surface area contributed by atoms with Crippen LogP contribution >= 0.6 is 23.2 Å². The Balaban J connectivity index is 1.91. The van der Waals surface area contributed by atoms with E-state index in [0.717, 1.165) is 0 Å². The molecule has 0 saturated carbocycles. The summed E-state index contributed by atoms with van der Waals surface area (Å²) in [7, 11) is -3.91. The molecule has 0 aromatic heterocycles. The van der Waals surface area contributed by atoms with Crippen LogP contribution in [0.5, 0.6) is 0 Å². The molecule has 0 atom stereocenters. The third-order valence-corrected chi connectivity index (χ3v) is 7.03. The fraction of sp³-hybridized carbons (Fsp3) is 0.381. The molecule has 3 rings (SSSR count). The van der Waals surface area contributed by atoms with Gasteiger partial charge in [0, 0.05) is 24.2 Å². The molecular formula is C21H25Cl2N3O4S. The maximum Gasteiger partial charge on any atom is 0.255 e. The van der Waals surface area contributed by atoms with Crippen LogP contribution in [0.15, 0.2) is 41.3 Å². The number of morpholine rings is 1. The minimum Gasteiger partial charge on any atom is -0.378 e. The summed E-state index contributed by atoms with van der Waals surface area (Å²) in [4.78, 5) is 14.9. The Bertz CT molecular complexity index is 1080. The number of amides is 1. The first-order chi connectivity index (χ1) is 14.5. The molecular weight excluding hydrogens is 461 g/mol. The zero-order chi connectivity index (χ0) is 22.8. The van der Waals surface area contributed by atoms with Crippen LogP contribution < -0.4 is 14.9 Å². The second-order valence-corrected chi connectivity index (χ2v) is 10.7. The minimum atomic E-state index is -3.91. The van der Waals surface area contributed by atoms with Gasteiger partial charge in [0.1, 0.15) is 4.90 Å². The lowest BCUT2D eigenvalue weighted by atomic mass is 10.1. The van der Waals surface area contributed by atoms with Crippen molar-refractivity contribution in [2.24, 2.45) is 0 Å². The first-order valence-corrected chi connectivity index (χ1v) is 12.0. The van der Waals surface area contributed by atoms with Crippen LogP contribution in [0.3, 0.4) is 0 Å². The van der Waals surface area contributed by atoms with E-state index in [9.17, 15) is 13.2 Å². The number of halogens is 2. The van der Waals surface area contributed by atoms with Crippen molar-refractivity contribution in [2.75, 3.05) is 36.5 Å². The van der Waals surface area contributed by atoms with Crippen LogP contribution in [0.25, 0.3) is 0 Å². The molecule has 31 heavy (non-hydrogen) atoms. The van der Waals surface area contributed by atoms with E-state index < -0.39 is 21.5 Å². The van der Waals surface area contributed by atoms with Gasteiger partial charge >= 0.3 is 0 Å². The lowest BCUT2D eigenvalue weighted by Crippen LogP contribution is -2.40. The van der Waals surface area contributed by atoms with E-state index in [4.69, 9.17) is 27.9 Å². The Morgan fingerprint density at radius 3 is 2.39 bits per heavy atom. The average molecular weight is 486 g/mol. The number of para-hydroxylation sites is 1. The third kappa shape index (κ3) is 5.90. The third-order valence-electron chi connectivity index (χ3n) is 4.49. The van der Waals surface area contributed by atoms with Crippen molar-refractivity contribution in [3.63, 3.8) is 0 Å². The van der Waals surface area contributed by atoms with Crippen molar-refractivity contribution < 1.29 is 17.9 Å². The molecule has 1 fully saturated rings. The molecule has 2 aromatic carbocycles. The Hall–Kier alpha value is -1.84. The zero-order valence-electron chi connectivity index (χ0n) is 17.5. The van der Waals surface area contributed by atoms with Gasteiger partial charge in [0.05, 0.1) is 34.6 Å². The summed E-state index contributed by atoms with van der Waals surface area (Å²) >= 11 is 12.6. The number of carbonyl (C=O) groups is 1. The normalized spacial score (nSPS) is 15.1. The number of ether oxygens (including phenoxy) is 1.